The molecule has 3 atom stereocenters. The molecule has 2 aromatic carbocycles. The molecule has 1 aromatic heterocycles. The van der Waals surface area contributed by atoms with Crippen molar-refractivity contribution in [3.05, 3.63) is 93.8 Å². The van der Waals surface area contributed by atoms with Crippen molar-refractivity contribution in [2.24, 2.45) is 5.92 Å². The van der Waals surface area contributed by atoms with Crippen LogP contribution in [0, 0.1) is 5.92 Å². The topological polar surface area (TPSA) is 93.6 Å². The zero-order chi connectivity index (χ0) is 27.8. The van der Waals surface area contributed by atoms with E-state index in [1.165, 1.54) is 6.92 Å². The fourth-order valence-electron chi connectivity index (χ4n) is 5.51. The summed E-state index contributed by atoms with van der Waals surface area (Å²) in [6, 6.07) is 20.5. The number of ether oxygens (including phenoxy) is 1. The predicted molar refractivity (Wildman–Crippen MR) is 144 cm³/mol. The molecule has 1 aliphatic rings. The lowest BCUT2D eigenvalue weighted by molar-refractivity contribution is -0.146. The highest BCUT2D eigenvalue weighted by atomic mass is 28.4. The summed E-state index contributed by atoms with van der Waals surface area (Å²) in [6.45, 7) is 6.93. The molecule has 0 unspecified atom stereocenters. The number of nitrogens with zero attached hydrogens (tertiary/aromatic N) is 1. The van der Waals surface area contributed by atoms with Crippen LogP contribution in [0.5, 0.6) is 0 Å². The second-order valence-electron chi connectivity index (χ2n) is 10.9. The van der Waals surface area contributed by atoms with Gasteiger partial charge in [-0.05, 0) is 15.4 Å². The van der Waals surface area contributed by atoms with Gasteiger partial charge in [0.1, 0.15) is 5.60 Å². The lowest BCUT2D eigenvalue weighted by atomic mass is 9.84. The molecule has 1 fully saturated rings. The Hall–Kier alpha value is -2.92. The van der Waals surface area contributed by atoms with Gasteiger partial charge in [0, 0.05) is 25.3 Å². The first-order chi connectivity index (χ1) is 17.9. The summed E-state index contributed by atoms with van der Waals surface area (Å²) in [5, 5.41) is 11.5. The van der Waals surface area contributed by atoms with Gasteiger partial charge in [0.15, 0.2) is 0 Å². The highest BCUT2D eigenvalue weighted by Crippen LogP contribution is 2.53. The minimum absolute atomic E-state index is 0.128. The number of aliphatic hydroxyl groups is 1. The van der Waals surface area contributed by atoms with Gasteiger partial charge in [-0.15, -0.1) is 0 Å². The van der Waals surface area contributed by atoms with Gasteiger partial charge >= 0.3 is 5.69 Å². The lowest BCUT2D eigenvalue weighted by Crippen LogP contribution is -2.68. The van der Waals surface area contributed by atoms with Crippen molar-refractivity contribution < 1.29 is 23.1 Å². The predicted octanol–water partition coefficient (Wildman–Crippen LogP) is 3.03. The van der Waals surface area contributed by atoms with Crippen LogP contribution in [-0.4, -0.2) is 47.7 Å². The molecule has 0 bridgehead atoms. The van der Waals surface area contributed by atoms with Crippen molar-refractivity contribution in [1.82, 2.24) is 9.55 Å². The minimum atomic E-state index is -3.49. The number of alkyl halides is 2. The van der Waals surface area contributed by atoms with Crippen LogP contribution in [-0.2, 0) is 9.16 Å². The molecule has 2 heterocycles. The average molecular weight is 545 g/mol. The van der Waals surface area contributed by atoms with Crippen LogP contribution in [0.1, 0.15) is 40.3 Å². The van der Waals surface area contributed by atoms with E-state index >= 15 is 8.78 Å². The summed E-state index contributed by atoms with van der Waals surface area (Å²) in [4.78, 5) is 26.0. The SMILES string of the molecule is C[C@H]1C(F)(F)[C@H](n2ccc(=O)[nH]c2=O)O[C@]1(CCO)CO[Si](c1ccccc1)(c1ccccc1)C(C)(C)C. The molecule has 38 heavy (non-hydrogen) atoms. The number of halogens is 2. The van der Waals surface area contributed by atoms with E-state index in [-0.39, 0.29) is 13.0 Å². The van der Waals surface area contributed by atoms with Gasteiger partial charge in [-0.25, -0.2) is 13.6 Å². The molecule has 0 saturated carbocycles. The highest BCUT2D eigenvalue weighted by Gasteiger charge is 2.65. The molecule has 0 aliphatic carbocycles. The smallest absolute Gasteiger partial charge is 0.330 e. The number of rotatable bonds is 8. The van der Waals surface area contributed by atoms with Crippen molar-refractivity contribution in [1.29, 1.82) is 0 Å². The Balaban J connectivity index is 1.82. The Morgan fingerprint density at radius 1 is 1.03 bits per heavy atom. The van der Waals surface area contributed by atoms with Gasteiger partial charge in [0.05, 0.1) is 12.5 Å². The Kier molecular flexibility index (Phi) is 7.64. The molecule has 10 heteroatoms. The summed E-state index contributed by atoms with van der Waals surface area (Å²) in [7, 11) is -3.11. The van der Waals surface area contributed by atoms with Crippen molar-refractivity contribution in [3.63, 3.8) is 0 Å². The quantitative estimate of drug-likeness (QED) is 0.426. The number of hydrogen-bond donors (Lipinski definition) is 2. The molecule has 1 aliphatic heterocycles. The van der Waals surface area contributed by atoms with E-state index < -0.39 is 54.9 Å². The summed E-state index contributed by atoms with van der Waals surface area (Å²) in [5.74, 6) is -4.91. The molecular weight excluding hydrogens is 510 g/mol. The zero-order valence-electron chi connectivity index (χ0n) is 22.0. The number of benzene rings is 2. The zero-order valence-corrected chi connectivity index (χ0v) is 23.0. The lowest BCUT2D eigenvalue weighted by Gasteiger charge is -2.45. The van der Waals surface area contributed by atoms with E-state index in [2.05, 4.69) is 20.8 Å². The third kappa shape index (κ3) is 4.70. The maximum Gasteiger partial charge on any atom is 0.330 e. The Bertz CT molecular complexity index is 1320. The number of aromatic nitrogens is 2. The first kappa shape index (κ1) is 28.1. The first-order valence-corrected chi connectivity index (χ1v) is 14.5. The van der Waals surface area contributed by atoms with Crippen LogP contribution in [0.15, 0.2) is 82.5 Å². The third-order valence-electron chi connectivity index (χ3n) is 7.63. The molecular formula is C28H34F2N2O5Si. The van der Waals surface area contributed by atoms with Gasteiger partial charge in [0.2, 0.25) is 6.23 Å². The molecule has 0 amide bonds. The van der Waals surface area contributed by atoms with E-state index in [1.54, 1.807) is 0 Å². The van der Waals surface area contributed by atoms with Crippen LogP contribution in [0.25, 0.3) is 0 Å². The number of hydrogen-bond acceptors (Lipinski definition) is 5. The Labute approximate surface area is 221 Å². The van der Waals surface area contributed by atoms with E-state index in [0.717, 1.165) is 22.6 Å². The largest absolute Gasteiger partial charge is 0.404 e. The minimum Gasteiger partial charge on any atom is -0.404 e. The fourth-order valence-corrected chi connectivity index (χ4v) is 10.1. The number of H-pyrrole nitrogens is 1. The molecule has 7 nitrogen and oxygen atoms in total. The fraction of sp³-hybridized carbons (Fsp3) is 0.429. The van der Waals surface area contributed by atoms with Crippen molar-refractivity contribution >= 4 is 18.7 Å². The summed E-state index contributed by atoms with van der Waals surface area (Å²) in [5.41, 5.74) is -3.30. The number of aliphatic hydroxyl groups excluding tert-OH is 1. The highest BCUT2D eigenvalue weighted by molar-refractivity contribution is 6.99. The molecule has 204 valence electrons. The molecule has 1 saturated heterocycles. The maximum atomic E-state index is 15.8. The van der Waals surface area contributed by atoms with Gasteiger partial charge in [-0.3, -0.25) is 14.3 Å². The maximum absolute atomic E-state index is 15.8. The number of nitrogens with one attached hydrogen (secondary N) is 1. The monoisotopic (exact) mass is 544 g/mol. The second kappa shape index (κ2) is 10.3. The molecule has 2 N–H and O–H groups in total. The Morgan fingerprint density at radius 2 is 1.58 bits per heavy atom. The van der Waals surface area contributed by atoms with E-state index in [4.69, 9.17) is 9.16 Å². The standard InChI is InChI=1S/C28H34F2N2O5Si/c1-20-27(16-18-33,37-24(28(20,29)30)32-17-15-23(34)31-25(32)35)19-36-38(26(2,3)4,21-11-7-5-8-12-21)22-13-9-6-10-14-22/h5-15,17,20,24,33H,16,18-19H2,1-4H3,(H,31,34,35)/t20-,24-,27-/m1/s1. The van der Waals surface area contributed by atoms with E-state index in [9.17, 15) is 14.7 Å². The average Bonchev–Trinajstić information content (AvgIpc) is 3.06. The normalized spacial score (nSPS) is 23.4. The van der Waals surface area contributed by atoms with Crippen LogP contribution in [0.4, 0.5) is 8.78 Å². The van der Waals surface area contributed by atoms with E-state index in [0.29, 0.717) is 4.57 Å². The Morgan fingerprint density at radius 3 is 2.05 bits per heavy atom. The molecule has 3 aromatic rings. The van der Waals surface area contributed by atoms with Crippen LogP contribution in [0.2, 0.25) is 5.04 Å². The van der Waals surface area contributed by atoms with Gasteiger partial charge in [-0.2, -0.15) is 0 Å². The molecule has 4 rings (SSSR count). The van der Waals surface area contributed by atoms with E-state index in [1.807, 2.05) is 65.6 Å². The van der Waals surface area contributed by atoms with Crippen LogP contribution in [0.3, 0.4) is 0 Å². The van der Waals surface area contributed by atoms with Gasteiger partial charge in [0.25, 0.3) is 19.8 Å². The van der Waals surface area contributed by atoms with Gasteiger partial charge < -0.3 is 14.3 Å². The summed E-state index contributed by atoms with van der Waals surface area (Å²) < 4.78 is 45.2. The second-order valence-corrected chi connectivity index (χ2v) is 15.2. The van der Waals surface area contributed by atoms with Gasteiger partial charge in [-0.1, -0.05) is 88.4 Å². The van der Waals surface area contributed by atoms with Crippen LogP contribution >= 0.6 is 0 Å². The number of aromatic amines is 1. The summed E-state index contributed by atoms with van der Waals surface area (Å²) in [6.07, 6.45) is -1.10. The summed E-state index contributed by atoms with van der Waals surface area (Å²) >= 11 is 0. The van der Waals surface area contributed by atoms with Crippen LogP contribution < -0.4 is 21.6 Å². The third-order valence-corrected chi connectivity index (χ3v) is 12.6. The first-order valence-electron chi connectivity index (χ1n) is 12.6. The van der Waals surface area contributed by atoms with Crippen molar-refractivity contribution in [3.8, 4) is 0 Å². The molecule has 0 spiro atoms. The molecule has 0 radical (unpaired) electrons. The van der Waals surface area contributed by atoms with Crippen molar-refractivity contribution in [2.45, 2.75) is 56.9 Å². The van der Waals surface area contributed by atoms with Crippen molar-refractivity contribution in [2.75, 3.05) is 13.2 Å².